The fraction of sp³-hybridized carbons (Fsp3) is 0.0714. The molecule has 1 N–H and O–H groups in total. The van der Waals surface area contributed by atoms with Crippen molar-refractivity contribution in [3.8, 4) is 23.0 Å². The van der Waals surface area contributed by atoms with Gasteiger partial charge in [-0.05, 0) is 36.4 Å². The van der Waals surface area contributed by atoms with Crippen LogP contribution in [0.2, 0.25) is 0 Å². The lowest BCUT2D eigenvalue weighted by Gasteiger charge is -2.01. The zero-order valence-electron chi connectivity index (χ0n) is 10.7. The van der Waals surface area contributed by atoms with Crippen LogP contribution in [0, 0.1) is 0 Å². The molecule has 6 heteroatoms. The van der Waals surface area contributed by atoms with Gasteiger partial charge in [0.25, 0.3) is 5.89 Å². The maximum Gasteiger partial charge on any atom is 0.258 e. The standard InChI is InChI=1S/C14H11N3O3/c1-9(18)15-11-6-4-10(5-7-11)14-16-13(17-20-14)12-3-2-8-19-12/h2-8H,1H3,(H,15,18). The van der Waals surface area contributed by atoms with Crippen LogP contribution in [0.4, 0.5) is 5.69 Å². The normalized spacial score (nSPS) is 10.4. The molecule has 0 unspecified atom stereocenters. The van der Waals surface area contributed by atoms with Crippen molar-refractivity contribution in [3.63, 3.8) is 0 Å². The van der Waals surface area contributed by atoms with Crippen LogP contribution in [0.15, 0.2) is 51.6 Å². The summed E-state index contributed by atoms with van der Waals surface area (Å²) in [4.78, 5) is 15.2. The third-order valence-electron chi connectivity index (χ3n) is 2.62. The maximum atomic E-state index is 10.9. The Labute approximate surface area is 114 Å². The summed E-state index contributed by atoms with van der Waals surface area (Å²) in [6.45, 7) is 1.46. The Kier molecular flexibility index (Phi) is 3.04. The van der Waals surface area contributed by atoms with E-state index in [1.54, 1.807) is 42.7 Å². The number of hydrogen-bond acceptors (Lipinski definition) is 5. The highest BCUT2D eigenvalue weighted by Crippen LogP contribution is 2.23. The zero-order chi connectivity index (χ0) is 13.9. The Bertz CT molecular complexity index is 714. The van der Waals surface area contributed by atoms with Gasteiger partial charge in [0.05, 0.1) is 6.26 Å². The molecule has 3 aromatic rings. The Morgan fingerprint density at radius 3 is 2.65 bits per heavy atom. The third kappa shape index (κ3) is 2.44. The van der Waals surface area contributed by atoms with Gasteiger partial charge in [-0.2, -0.15) is 4.98 Å². The molecule has 0 aliphatic rings. The first-order valence-corrected chi connectivity index (χ1v) is 5.98. The Morgan fingerprint density at radius 2 is 2.00 bits per heavy atom. The molecule has 0 aliphatic carbocycles. The molecule has 0 saturated heterocycles. The first-order valence-electron chi connectivity index (χ1n) is 5.98. The van der Waals surface area contributed by atoms with E-state index in [2.05, 4.69) is 15.5 Å². The predicted octanol–water partition coefficient (Wildman–Crippen LogP) is 2.96. The first-order chi connectivity index (χ1) is 9.72. The highest BCUT2D eigenvalue weighted by Gasteiger charge is 2.12. The Balaban J connectivity index is 1.84. The lowest BCUT2D eigenvalue weighted by Crippen LogP contribution is -2.05. The van der Waals surface area contributed by atoms with E-state index in [4.69, 9.17) is 8.94 Å². The summed E-state index contributed by atoms with van der Waals surface area (Å²) in [5.74, 6) is 1.23. The molecule has 0 bridgehead atoms. The predicted molar refractivity (Wildman–Crippen MR) is 71.7 cm³/mol. The highest BCUT2D eigenvalue weighted by molar-refractivity contribution is 5.88. The summed E-state index contributed by atoms with van der Waals surface area (Å²) in [5.41, 5.74) is 1.48. The van der Waals surface area contributed by atoms with Crippen LogP contribution in [0.5, 0.6) is 0 Å². The first kappa shape index (κ1) is 12.2. The molecule has 20 heavy (non-hydrogen) atoms. The lowest BCUT2D eigenvalue weighted by atomic mass is 10.2. The minimum Gasteiger partial charge on any atom is -0.461 e. The van der Waals surface area contributed by atoms with Crippen LogP contribution in [0.3, 0.4) is 0 Å². The lowest BCUT2D eigenvalue weighted by molar-refractivity contribution is -0.114. The number of furan rings is 1. The van der Waals surface area contributed by atoms with E-state index in [1.807, 2.05) is 0 Å². The van der Waals surface area contributed by atoms with Crippen molar-refractivity contribution in [2.75, 3.05) is 5.32 Å². The number of anilines is 1. The Morgan fingerprint density at radius 1 is 1.20 bits per heavy atom. The number of rotatable bonds is 3. The number of carbonyl (C=O) groups excluding carboxylic acids is 1. The van der Waals surface area contributed by atoms with Gasteiger partial charge in [0.15, 0.2) is 5.76 Å². The SMILES string of the molecule is CC(=O)Nc1ccc(-c2nc(-c3ccco3)no2)cc1. The Hall–Kier alpha value is -2.89. The van der Waals surface area contributed by atoms with Crippen molar-refractivity contribution in [1.29, 1.82) is 0 Å². The van der Waals surface area contributed by atoms with E-state index in [0.717, 1.165) is 5.56 Å². The second-order valence-electron chi connectivity index (χ2n) is 4.16. The summed E-state index contributed by atoms with van der Waals surface area (Å²) in [7, 11) is 0. The van der Waals surface area contributed by atoms with Crippen LogP contribution < -0.4 is 5.32 Å². The minimum atomic E-state index is -0.115. The fourth-order valence-corrected chi connectivity index (χ4v) is 1.75. The summed E-state index contributed by atoms with van der Waals surface area (Å²) < 4.78 is 10.4. The molecule has 2 aromatic heterocycles. The van der Waals surface area contributed by atoms with Crippen molar-refractivity contribution in [2.45, 2.75) is 6.92 Å². The fourth-order valence-electron chi connectivity index (χ4n) is 1.75. The minimum absolute atomic E-state index is 0.115. The molecule has 6 nitrogen and oxygen atoms in total. The van der Waals surface area contributed by atoms with Gasteiger partial charge in [0.2, 0.25) is 11.7 Å². The average Bonchev–Trinajstić information content (AvgIpc) is 3.10. The van der Waals surface area contributed by atoms with Crippen LogP contribution in [0.1, 0.15) is 6.92 Å². The van der Waals surface area contributed by atoms with Crippen molar-refractivity contribution in [1.82, 2.24) is 10.1 Å². The number of hydrogen-bond donors (Lipinski definition) is 1. The van der Waals surface area contributed by atoms with Gasteiger partial charge in [-0.3, -0.25) is 4.79 Å². The largest absolute Gasteiger partial charge is 0.461 e. The van der Waals surface area contributed by atoms with Crippen molar-refractivity contribution in [3.05, 3.63) is 42.7 Å². The molecule has 0 saturated carbocycles. The zero-order valence-corrected chi connectivity index (χ0v) is 10.7. The van der Waals surface area contributed by atoms with E-state index < -0.39 is 0 Å². The summed E-state index contributed by atoms with van der Waals surface area (Å²) >= 11 is 0. The number of nitrogens with one attached hydrogen (secondary N) is 1. The molecule has 0 radical (unpaired) electrons. The smallest absolute Gasteiger partial charge is 0.258 e. The molecule has 1 aromatic carbocycles. The molecule has 0 fully saturated rings. The van der Waals surface area contributed by atoms with E-state index in [1.165, 1.54) is 6.92 Å². The molecule has 0 spiro atoms. The third-order valence-corrected chi connectivity index (χ3v) is 2.62. The number of amides is 1. The van der Waals surface area contributed by atoms with Crippen LogP contribution in [-0.4, -0.2) is 16.0 Å². The summed E-state index contributed by atoms with van der Waals surface area (Å²) in [6.07, 6.45) is 1.55. The van der Waals surface area contributed by atoms with Crippen molar-refractivity contribution >= 4 is 11.6 Å². The van der Waals surface area contributed by atoms with Crippen molar-refractivity contribution < 1.29 is 13.7 Å². The second kappa shape index (κ2) is 5.00. The van der Waals surface area contributed by atoms with Gasteiger partial charge >= 0.3 is 0 Å². The number of carbonyl (C=O) groups is 1. The summed E-state index contributed by atoms with van der Waals surface area (Å²) in [5, 5.41) is 6.55. The van der Waals surface area contributed by atoms with Crippen molar-refractivity contribution in [2.24, 2.45) is 0 Å². The van der Waals surface area contributed by atoms with E-state index in [-0.39, 0.29) is 5.91 Å². The molecule has 0 aliphatic heterocycles. The molecule has 3 rings (SSSR count). The second-order valence-corrected chi connectivity index (χ2v) is 4.16. The molecule has 0 atom stereocenters. The van der Waals surface area contributed by atoms with E-state index in [0.29, 0.717) is 23.2 Å². The monoisotopic (exact) mass is 269 g/mol. The molecule has 2 heterocycles. The van der Waals surface area contributed by atoms with E-state index >= 15 is 0 Å². The quantitative estimate of drug-likeness (QED) is 0.790. The maximum absolute atomic E-state index is 10.9. The number of nitrogens with zero attached hydrogens (tertiary/aromatic N) is 2. The molecular weight excluding hydrogens is 258 g/mol. The van der Waals surface area contributed by atoms with Crippen LogP contribution in [-0.2, 0) is 4.79 Å². The molecule has 1 amide bonds. The van der Waals surface area contributed by atoms with Crippen LogP contribution in [0.25, 0.3) is 23.0 Å². The van der Waals surface area contributed by atoms with Gasteiger partial charge in [-0.1, -0.05) is 5.16 Å². The average molecular weight is 269 g/mol. The van der Waals surface area contributed by atoms with Gasteiger partial charge in [-0.15, -0.1) is 0 Å². The van der Waals surface area contributed by atoms with Crippen LogP contribution >= 0.6 is 0 Å². The topological polar surface area (TPSA) is 81.2 Å². The number of aromatic nitrogens is 2. The molecule has 100 valence electrons. The van der Waals surface area contributed by atoms with Gasteiger partial charge in [0.1, 0.15) is 0 Å². The molecular formula is C14H11N3O3. The van der Waals surface area contributed by atoms with Gasteiger partial charge in [0, 0.05) is 18.2 Å². The summed E-state index contributed by atoms with van der Waals surface area (Å²) in [6, 6.07) is 10.7. The van der Waals surface area contributed by atoms with E-state index in [9.17, 15) is 4.79 Å². The highest BCUT2D eigenvalue weighted by atomic mass is 16.5. The number of benzene rings is 1. The van der Waals surface area contributed by atoms with Gasteiger partial charge < -0.3 is 14.3 Å². The van der Waals surface area contributed by atoms with Gasteiger partial charge in [-0.25, -0.2) is 0 Å².